The van der Waals surface area contributed by atoms with Crippen LogP contribution in [0.15, 0.2) is 24.3 Å². The minimum absolute atomic E-state index is 0.123. The lowest BCUT2D eigenvalue weighted by atomic mass is 9.95. The van der Waals surface area contributed by atoms with E-state index in [-0.39, 0.29) is 17.4 Å². The van der Waals surface area contributed by atoms with Gasteiger partial charge < -0.3 is 10.6 Å². The summed E-state index contributed by atoms with van der Waals surface area (Å²) >= 11 is 0. The summed E-state index contributed by atoms with van der Waals surface area (Å²) in [5.41, 5.74) is 0.262. The number of benzene rings is 1. The predicted octanol–water partition coefficient (Wildman–Crippen LogP) is 1.69. The normalized spacial score (nSPS) is 28.6. The third-order valence-corrected chi connectivity index (χ3v) is 4.83. The van der Waals surface area contributed by atoms with Crippen LogP contribution in [0.2, 0.25) is 0 Å². The summed E-state index contributed by atoms with van der Waals surface area (Å²) in [6, 6.07) is 6.79. The van der Waals surface area contributed by atoms with Crippen molar-refractivity contribution in [3.8, 4) is 0 Å². The fourth-order valence-electron chi connectivity index (χ4n) is 3.57. The molecule has 1 aromatic carbocycles. The van der Waals surface area contributed by atoms with Crippen LogP contribution in [-0.2, 0) is 4.79 Å². The van der Waals surface area contributed by atoms with Crippen LogP contribution >= 0.6 is 0 Å². The standard InChI is InChI=1S/C16H22FN3O/c1-11-13-9-18-8-12(13)10-20(11)7-6-16(21)19-15-5-3-2-4-14(15)17/h2-5,11-13,18H,6-10H2,1H3,(H,19,21). The summed E-state index contributed by atoms with van der Waals surface area (Å²) < 4.78 is 13.5. The zero-order valence-corrected chi connectivity index (χ0v) is 12.3. The van der Waals surface area contributed by atoms with Gasteiger partial charge in [-0.2, -0.15) is 0 Å². The summed E-state index contributed by atoms with van der Waals surface area (Å²) in [4.78, 5) is 14.3. The van der Waals surface area contributed by atoms with Crippen molar-refractivity contribution in [3.63, 3.8) is 0 Å². The number of nitrogens with zero attached hydrogens (tertiary/aromatic N) is 1. The monoisotopic (exact) mass is 291 g/mol. The van der Waals surface area contributed by atoms with Gasteiger partial charge >= 0.3 is 0 Å². The molecule has 0 radical (unpaired) electrons. The van der Waals surface area contributed by atoms with Crippen molar-refractivity contribution in [1.82, 2.24) is 10.2 Å². The smallest absolute Gasteiger partial charge is 0.225 e. The molecule has 2 fully saturated rings. The number of anilines is 1. The van der Waals surface area contributed by atoms with Gasteiger partial charge in [0.1, 0.15) is 5.82 Å². The van der Waals surface area contributed by atoms with E-state index >= 15 is 0 Å². The van der Waals surface area contributed by atoms with E-state index in [9.17, 15) is 9.18 Å². The summed E-state index contributed by atoms with van der Waals surface area (Å²) in [5, 5.41) is 6.08. The van der Waals surface area contributed by atoms with Crippen LogP contribution in [0, 0.1) is 17.7 Å². The van der Waals surface area contributed by atoms with E-state index < -0.39 is 0 Å². The van der Waals surface area contributed by atoms with Crippen molar-refractivity contribution in [2.24, 2.45) is 11.8 Å². The van der Waals surface area contributed by atoms with Gasteiger partial charge in [-0.25, -0.2) is 4.39 Å². The molecule has 0 aliphatic carbocycles. The second kappa shape index (κ2) is 6.12. The first-order chi connectivity index (χ1) is 10.1. The van der Waals surface area contributed by atoms with Crippen LogP contribution in [0.5, 0.6) is 0 Å². The van der Waals surface area contributed by atoms with Gasteiger partial charge in [-0.1, -0.05) is 12.1 Å². The highest BCUT2D eigenvalue weighted by atomic mass is 19.1. The Morgan fingerprint density at radius 2 is 2.24 bits per heavy atom. The number of halogens is 1. The Morgan fingerprint density at radius 1 is 1.43 bits per heavy atom. The molecule has 2 saturated heterocycles. The fraction of sp³-hybridized carbons (Fsp3) is 0.562. The molecule has 1 aromatic rings. The first-order valence-corrected chi connectivity index (χ1v) is 7.64. The number of carbonyl (C=O) groups is 1. The summed E-state index contributed by atoms with van der Waals surface area (Å²) in [5.74, 6) is 0.915. The third kappa shape index (κ3) is 3.09. The van der Waals surface area contributed by atoms with E-state index in [1.807, 2.05) is 0 Å². The van der Waals surface area contributed by atoms with Crippen LogP contribution in [0.25, 0.3) is 0 Å². The van der Waals surface area contributed by atoms with E-state index in [1.54, 1.807) is 18.2 Å². The molecule has 2 heterocycles. The average molecular weight is 291 g/mol. The van der Waals surface area contributed by atoms with Crippen LogP contribution in [0.3, 0.4) is 0 Å². The molecule has 0 aromatic heterocycles. The highest BCUT2D eigenvalue weighted by molar-refractivity contribution is 5.90. The molecule has 0 saturated carbocycles. The van der Waals surface area contributed by atoms with Crippen LogP contribution in [0.4, 0.5) is 10.1 Å². The maximum absolute atomic E-state index is 13.5. The number of nitrogens with one attached hydrogen (secondary N) is 2. The minimum atomic E-state index is -0.388. The van der Waals surface area contributed by atoms with Crippen molar-refractivity contribution in [3.05, 3.63) is 30.1 Å². The van der Waals surface area contributed by atoms with Gasteiger partial charge in [0, 0.05) is 25.6 Å². The van der Waals surface area contributed by atoms with Gasteiger partial charge in [0.15, 0.2) is 0 Å². The van der Waals surface area contributed by atoms with Gasteiger partial charge in [0.25, 0.3) is 0 Å². The van der Waals surface area contributed by atoms with Crippen molar-refractivity contribution < 1.29 is 9.18 Å². The Balaban J connectivity index is 1.49. The Morgan fingerprint density at radius 3 is 3.00 bits per heavy atom. The molecule has 2 aliphatic heterocycles. The van der Waals surface area contributed by atoms with Gasteiger partial charge in [-0.15, -0.1) is 0 Å². The molecule has 3 unspecified atom stereocenters. The van der Waals surface area contributed by atoms with Crippen LogP contribution in [-0.4, -0.2) is 43.0 Å². The number of rotatable bonds is 4. The molecule has 2 aliphatic rings. The molecule has 3 atom stereocenters. The number of hydrogen-bond donors (Lipinski definition) is 2. The Hall–Kier alpha value is -1.46. The average Bonchev–Trinajstić information content (AvgIpc) is 3.03. The van der Waals surface area contributed by atoms with Crippen LogP contribution < -0.4 is 10.6 Å². The lowest BCUT2D eigenvalue weighted by Gasteiger charge is -2.23. The lowest BCUT2D eigenvalue weighted by Crippen LogP contribution is -2.35. The molecular weight excluding hydrogens is 269 g/mol. The number of amides is 1. The van der Waals surface area contributed by atoms with E-state index in [4.69, 9.17) is 0 Å². The van der Waals surface area contributed by atoms with Crippen molar-refractivity contribution in [2.45, 2.75) is 19.4 Å². The molecule has 21 heavy (non-hydrogen) atoms. The molecule has 2 N–H and O–H groups in total. The maximum Gasteiger partial charge on any atom is 0.225 e. The molecule has 0 spiro atoms. The Labute approximate surface area is 124 Å². The van der Waals surface area contributed by atoms with Gasteiger partial charge in [-0.3, -0.25) is 9.69 Å². The number of hydrogen-bond acceptors (Lipinski definition) is 3. The van der Waals surface area contributed by atoms with E-state index in [0.717, 1.165) is 32.1 Å². The minimum Gasteiger partial charge on any atom is -0.324 e. The SMILES string of the molecule is CC1C2CNCC2CN1CCC(=O)Nc1ccccc1F. The van der Waals surface area contributed by atoms with E-state index in [2.05, 4.69) is 22.5 Å². The van der Waals surface area contributed by atoms with Crippen LogP contribution in [0.1, 0.15) is 13.3 Å². The van der Waals surface area contributed by atoms with Crippen molar-refractivity contribution >= 4 is 11.6 Å². The lowest BCUT2D eigenvalue weighted by molar-refractivity contribution is -0.116. The van der Waals surface area contributed by atoms with Gasteiger partial charge in [-0.05, 0) is 44.0 Å². The highest BCUT2D eigenvalue weighted by Gasteiger charge is 2.41. The highest BCUT2D eigenvalue weighted by Crippen LogP contribution is 2.32. The molecule has 0 bridgehead atoms. The van der Waals surface area contributed by atoms with Gasteiger partial charge in [0.2, 0.25) is 5.91 Å². The van der Waals surface area contributed by atoms with E-state index in [1.165, 1.54) is 6.07 Å². The number of carbonyl (C=O) groups excluding carboxylic acids is 1. The molecule has 4 nitrogen and oxygen atoms in total. The Kier molecular flexibility index (Phi) is 4.22. The third-order valence-electron chi connectivity index (χ3n) is 4.83. The molecular formula is C16H22FN3O. The number of para-hydroxylation sites is 1. The summed E-state index contributed by atoms with van der Waals surface area (Å²) in [7, 11) is 0. The van der Waals surface area contributed by atoms with Crippen molar-refractivity contribution in [2.75, 3.05) is 31.5 Å². The topological polar surface area (TPSA) is 44.4 Å². The van der Waals surface area contributed by atoms with E-state index in [0.29, 0.717) is 18.4 Å². The van der Waals surface area contributed by atoms with Crippen molar-refractivity contribution in [1.29, 1.82) is 0 Å². The molecule has 3 rings (SSSR count). The number of fused-ring (bicyclic) bond motifs is 1. The summed E-state index contributed by atoms with van der Waals surface area (Å²) in [6.45, 7) is 6.23. The van der Waals surface area contributed by atoms with Gasteiger partial charge in [0.05, 0.1) is 5.69 Å². The zero-order chi connectivity index (χ0) is 14.8. The molecule has 1 amide bonds. The second-order valence-corrected chi connectivity index (χ2v) is 6.10. The quantitative estimate of drug-likeness (QED) is 0.887. The first-order valence-electron chi connectivity index (χ1n) is 7.64. The number of likely N-dealkylation sites (tertiary alicyclic amines) is 1. The first kappa shape index (κ1) is 14.5. The fourth-order valence-corrected chi connectivity index (χ4v) is 3.57. The summed E-state index contributed by atoms with van der Waals surface area (Å²) in [6.07, 6.45) is 0.408. The Bertz CT molecular complexity index is 522. The predicted molar refractivity (Wildman–Crippen MR) is 80.5 cm³/mol. The second-order valence-electron chi connectivity index (χ2n) is 6.10. The largest absolute Gasteiger partial charge is 0.324 e. The zero-order valence-electron chi connectivity index (χ0n) is 12.3. The molecule has 5 heteroatoms. The molecule has 114 valence electrons. The maximum atomic E-state index is 13.5.